The molecule has 0 spiro atoms. The number of hydrogen-bond acceptors (Lipinski definition) is 5. The Morgan fingerprint density at radius 1 is 1.23 bits per heavy atom. The van der Waals surface area contributed by atoms with E-state index in [0.29, 0.717) is 13.0 Å². The summed E-state index contributed by atoms with van der Waals surface area (Å²) in [6.45, 7) is 6.82. The van der Waals surface area contributed by atoms with Gasteiger partial charge in [-0.1, -0.05) is 28.1 Å². The van der Waals surface area contributed by atoms with Crippen LogP contribution in [0.2, 0.25) is 0 Å². The fourth-order valence-corrected chi connectivity index (χ4v) is 5.26. The molecule has 1 amide bonds. The van der Waals surface area contributed by atoms with Crippen molar-refractivity contribution in [2.75, 3.05) is 13.7 Å². The molecule has 158 valence electrons. The van der Waals surface area contributed by atoms with Crippen molar-refractivity contribution in [1.82, 2.24) is 9.88 Å². The first kappa shape index (κ1) is 21.1. The minimum absolute atomic E-state index is 0.0160. The Bertz CT molecular complexity index is 1070. The Hall–Kier alpha value is -2.12. The van der Waals surface area contributed by atoms with Crippen LogP contribution in [0.25, 0.3) is 10.2 Å². The van der Waals surface area contributed by atoms with Gasteiger partial charge < -0.3 is 14.4 Å². The van der Waals surface area contributed by atoms with Crippen LogP contribution in [-0.2, 0) is 4.79 Å². The highest BCUT2D eigenvalue weighted by Crippen LogP contribution is 2.37. The standard InChI is InChI=1S/C23H25BrN2O3S/c1-13(16-5-7-19(28-4)8-6-16)26-12-17(9-22(26)27)14(2)29-21-11-18(24)10-20-23(21)30-15(3)25-20/h5-8,10-11,13-14,17H,9,12H2,1-4H3/t13-,14-,17-/m1/s1. The maximum atomic E-state index is 12.8. The Balaban J connectivity index is 1.48. The lowest BCUT2D eigenvalue weighted by atomic mass is 10.0. The predicted molar refractivity (Wildman–Crippen MR) is 123 cm³/mol. The van der Waals surface area contributed by atoms with Gasteiger partial charge in [0.05, 0.1) is 28.4 Å². The second-order valence-electron chi connectivity index (χ2n) is 7.77. The highest BCUT2D eigenvalue weighted by Gasteiger charge is 2.37. The van der Waals surface area contributed by atoms with E-state index < -0.39 is 0 Å². The van der Waals surface area contributed by atoms with E-state index in [1.165, 1.54) is 0 Å². The van der Waals surface area contributed by atoms with Crippen LogP contribution in [0, 0.1) is 12.8 Å². The van der Waals surface area contributed by atoms with Gasteiger partial charge in [-0.15, -0.1) is 11.3 Å². The molecule has 30 heavy (non-hydrogen) atoms. The molecule has 1 aliphatic rings. The topological polar surface area (TPSA) is 51.7 Å². The number of halogens is 1. The van der Waals surface area contributed by atoms with E-state index in [-0.39, 0.29) is 24.0 Å². The van der Waals surface area contributed by atoms with Crippen LogP contribution in [-0.4, -0.2) is 35.5 Å². The van der Waals surface area contributed by atoms with Crippen molar-refractivity contribution in [2.24, 2.45) is 5.92 Å². The van der Waals surface area contributed by atoms with Gasteiger partial charge >= 0.3 is 0 Å². The fourth-order valence-electron chi connectivity index (χ4n) is 3.98. The highest BCUT2D eigenvalue weighted by atomic mass is 79.9. The van der Waals surface area contributed by atoms with Crippen molar-refractivity contribution in [2.45, 2.75) is 39.3 Å². The lowest BCUT2D eigenvalue weighted by Crippen LogP contribution is -2.31. The number of fused-ring (bicyclic) bond motifs is 1. The van der Waals surface area contributed by atoms with Crippen molar-refractivity contribution >= 4 is 43.4 Å². The summed E-state index contributed by atoms with van der Waals surface area (Å²) >= 11 is 5.19. The fraction of sp³-hybridized carbons (Fsp3) is 0.391. The molecule has 1 aliphatic heterocycles. The molecule has 2 heterocycles. The number of aryl methyl sites for hydroxylation is 1. The minimum atomic E-state index is -0.0816. The van der Waals surface area contributed by atoms with Gasteiger partial charge in [-0.05, 0) is 50.6 Å². The second-order valence-corrected chi connectivity index (χ2v) is 9.89. The lowest BCUT2D eigenvalue weighted by Gasteiger charge is -2.27. The van der Waals surface area contributed by atoms with Crippen molar-refractivity contribution in [3.05, 3.63) is 51.4 Å². The van der Waals surface area contributed by atoms with Crippen LogP contribution in [0.4, 0.5) is 0 Å². The van der Waals surface area contributed by atoms with Gasteiger partial charge in [-0.25, -0.2) is 4.98 Å². The Labute approximate surface area is 189 Å². The lowest BCUT2D eigenvalue weighted by molar-refractivity contribution is -0.129. The van der Waals surface area contributed by atoms with E-state index in [2.05, 4.69) is 34.8 Å². The van der Waals surface area contributed by atoms with Crippen LogP contribution in [0.1, 0.15) is 36.9 Å². The van der Waals surface area contributed by atoms with Gasteiger partial charge in [0, 0.05) is 23.4 Å². The van der Waals surface area contributed by atoms with Crippen LogP contribution in [0.5, 0.6) is 11.5 Å². The average molecular weight is 489 g/mol. The Kier molecular flexibility index (Phi) is 6.02. The number of ether oxygens (including phenoxy) is 2. The first-order valence-corrected chi connectivity index (χ1v) is 11.6. The monoisotopic (exact) mass is 488 g/mol. The first-order chi connectivity index (χ1) is 14.4. The largest absolute Gasteiger partial charge is 0.497 e. The highest BCUT2D eigenvalue weighted by molar-refractivity contribution is 9.10. The van der Waals surface area contributed by atoms with Crippen LogP contribution in [0.3, 0.4) is 0 Å². The molecule has 3 atom stereocenters. The minimum Gasteiger partial charge on any atom is -0.497 e. The number of aromatic nitrogens is 1. The van der Waals surface area contributed by atoms with Crippen molar-refractivity contribution in [3.63, 3.8) is 0 Å². The van der Waals surface area contributed by atoms with E-state index in [1.54, 1.807) is 18.4 Å². The summed E-state index contributed by atoms with van der Waals surface area (Å²) in [6, 6.07) is 11.9. The summed E-state index contributed by atoms with van der Waals surface area (Å²) in [6.07, 6.45) is 0.419. The van der Waals surface area contributed by atoms with Gasteiger partial charge in [0.2, 0.25) is 5.91 Å². The molecule has 0 bridgehead atoms. The third kappa shape index (κ3) is 4.18. The number of likely N-dealkylation sites (tertiary alicyclic amines) is 1. The Morgan fingerprint density at radius 2 is 1.97 bits per heavy atom. The summed E-state index contributed by atoms with van der Waals surface area (Å²) in [7, 11) is 1.65. The van der Waals surface area contributed by atoms with E-state index >= 15 is 0 Å². The maximum Gasteiger partial charge on any atom is 0.223 e. The van der Waals surface area contributed by atoms with Crippen molar-refractivity contribution < 1.29 is 14.3 Å². The molecule has 0 aliphatic carbocycles. The summed E-state index contributed by atoms with van der Waals surface area (Å²) in [5.74, 6) is 1.96. The summed E-state index contributed by atoms with van der Waals surface area (Å²) in [5.41, 5.74) is 2.04. The molecule has 7 heteroatoms. The van der Waals surface area contributed by atoms with Crippen LogP contribution < -0.4 is 9.47 Å². The second kappa shape index (κ2) is 8.55. The van der Waals surface area contributed by atoms with Gasteiger partial charge in [0.1, 0.15) is 17.6 Å². The zero-order valence-electron chi connectivity index (χ0n) is 17.5. The third-order valence-electron chi connectivity index (χ3n) is 5.76. The van der Waals surface area contributed by atoms with Gasteiger partial charge in [0.25, 0.3) is 0 Å². The van der Waals surface area contributed by atoms with E-state index in [4.69, 9.17) is 9.47 Å². The molecule has 0 N–H and O–H groups in total. The molecule has 4 rings (SSSR count). The number of rotatable bonds is 6. The number of hydrogen-bond donors (Lipinski definition) is 0. The average Bonchev–Trinajstić information content (AvgIpc) is 3.29. The quantitative estimate of drug-likeness (QED) is 0.442. The van der Waals surface area contributed by atoms with Crippen molar-refractivity contribution in [1.29, 1.82) is 0 Å². The number of methoxy groups -OCH3 is 1. The number of nitrogens with zero attached hydrogens (tertiary/aromatic N) is 2. The van der Waals surface area contributed by atoms with E-state index in [0.717, 1.165) is 36.8 Å². The zero-order chi connectivity index (χ0) is 21.4. The number of thiazole rings is 1. The number of amides is 1. The molecule has 1 fully saturated rings. The smallest absolute Gasteiger partial charge is 0.223 e. The maximum absolute atomic E-state index is 12.8. The zero-order valence-corrected chi connectivity index (χ0v) is 19.9. The molecular weight excluding hydrogens is 464 g/mol. The molecular formula is C23H25BrN2O3S. The van der Waals surface area contributed by atoms with E-state index in [9.17, 15) is 4.79 Å². The van der Waals surface area contributed by atoms with Crippen LogP contribution >= 0.6 is 27.3 Å². The third-order valence-corrected chi connectivity index (χ3v) is 7.22. The van der Waals surface area contributed by atoms with Gasteiger partial charge in [-0.2, -0.15) is 0 Å². The molecule has 2 aromatic carbocycles. The predicted octanol–water partition coefficient (Wildman–Crippen LogP) is 5.75. The summed E-state index contributed by atoms with van der Waals surface area (Å²) < 4.78 is 13.6. The molecule has 1 saturated heterocycles. The van der Waals surface area contributed by atoms with E-state index in [1.807, 2.05) is 48.2 Å². The van der Waals surface area contributed by atoms with Gasteiger partial charge in [-0.3, -0.25) is 4.79 Å². The summed E-state index contributed by atoms with van der Waals surface area (Å²) in [4.78, 5) is 19.3. The molecule has 0 unspecified atom stereocenters. The molecule has 3 aromatic rings. The SMILES string of the molecule is COc1ccc([C@@H](C)N2C[C@H]([C@@H](C)Oc3cc(Br)cc4nc(C)sc34)CC2=O)cc1. The van der Waals surface area contributed by atoms with Gasteiger partial charge in [0.15, 0.2) is 0 Å². The van der Waals surface area contributed by atoms with Crippen LogP contribution in [0.15, 0.2) is 40.9 Å². The molecule has 0 radical (unpaired) electrons. The van der Waals surface area contributed by atoms with Crippen molar-refractivity contribution in [3.8, 4) is 11.5 Å². The number of benzene rings is 2. The summed E-state index contributed by atoms with van der Waals surface area (Å²) in [5, 5.41) is 1.01. The Morgan fingerprint density at radius 3 is 2.67 bits per heavy atom. The molecule has 0 saturated carbocycles. The molecule has 1 aromatic heterocycles. The number of carbonyl (C=O) groups is 1. The number of carbonyl (C=O) groups excluding carboxylic acids is 1. The normalized spacial score (nSPS) is 18.6. The molecule has 5 nitrogen and oxygen atoms in total. The first-order valence-electron chi connectivity index (χ1n) is 10.0.